The molecule has 25 heavy (non-hydrogen) atoms. The van der Waals surface area contributed by atoms with Gasteiger partial charge in [0.05, 0.1) is 4.91 Å². The average Bonchev–Trinajstić information content (AvgIpc) is 2.90. The molecule has 0 unspecified atom stereocenters. The molecule has 0 spiro atoms. The van der Waals surface area contributed by atoms with Crippen molar-refractivity contribution in [3.8, 4) is 0 Å². The van der Waals surface area contributed by atoms with E-state index in [4.69, 9.17) is 12.2 Å². The second-order valence-electron chi connectivity index (χ2n) is 5.48. The lowest BCUT2D eigenvalue weighted by atomic mass is 10.2. The first-order valence-electron chi connectivity index (χ1n) is 8.07. The van der Waals surface area contributed by atoms with Gasteiger partial charge < -0.3 is 0 Å². The van der Waals surface area contributed by atoms with Crippen LogP contribution in [0.25, 0.3) is 6.08 Å². The van der Waals surface area contributed by atoms with E-state index in [1.165, 1.54) is 16.7 Å². The molecule has 1 fully saturated rings. The van der Waals surface area contributed by atoms with Crippen molar-refractivity contribution in [3.63, 3.8) is 0 Å². The SMILES string of the molecule is O=C1C(=Cc2ccccc2)SC(=S)N1CCCCSc1ccncc1. The molecule has 3 nitrogen and oxygen atoms in total. The fraction of sp³-hybridized carbons (Fsp3) is 0.211. The minimum atomic E-state index is 0.0284. The molecule has 1 aromatic carbocycles. The number of carbonyl (C=O) groups is 1. The molecule has 2 heterocycles. The number of pyridine rings is 1. The fourth-order valence-electron chi connectivity index (χ4n) is 2.39. The molecular weight excluding hydrogens is 368 g/mol. The Morgan fingerprint density at radius 3 is 2.64 bits per heavy atom. The Hall–Kier alpha value is -1.63. The van der Waals surface area contributed by atoms with E-state index in [9.17, 15) is 4.79 Å². The van der Waals surface area contributed by atoms with E-state index >= 15 is 0 Å². The minimum Gasteiger partial charge on any atom is -0.293 e. The summed E-state index contributed by atoms with van der Waals surface area (Å²) < 4.78 is 0.661. The van der Waals surface area contributed by atoms with Gasteiger partial charge in [-0.05, 0) is 42.4 Å². The van der Waals surface area contributed by atoms with Crippen molar-refractivity contribution in [1.29, 1.82) is 0 Å². The molecule has 0 aliphatic carbocycles. The second kappa shape index (κ2) is 9.17. The summed E-state index contributed by atoms with van der Waals surface area (Å²) >= 11 is 8.59. The molecule has 1 aliphatic rings. The largest absolute Gasteiger partial charge is 0.293 e. The maximum absolute atomic E-state index is 12.5. The Balaban J connectivity index is 1.47. The van der Waals surface area contributed by atoms with E-state index in [0.29, 0.717) is 15.8 Å². The lowest BCUT2D eigenvalue weighted by molar-refractivity contribution is -0.122. The first-order valence-corrected chi connectivity index (χ1v) is 10.3. The van der Waals surface area contributed by atoms with Crippen molar-refractivity contribution in [2.75, 3.05) is 12.3 Å². The summed E-state index contributed by atoms with van der Waals surface area (Å²) in [6.45, 7) is 0.688. The van der Waals surface area contributed by atoms with Gasteiger partial charge in [0, 0.05) is 23.8 Å². The van der Waals surface area contributed by atoms with Crippen LogP contribution >= 0.6 is 35.7 Å². The molecule has 0 radical (unpaired) electrons. The smallest absolute Gasteiger partial charge is 0.266 e. The van der Waals surface area contributed by atoms with Gasteiger partial charge in [-0.1, -0.05) is 54.3 Å². The van der Waals surface area contributed by atoms with Crippen LogP contribution in [0.5, 0.6) is 0 Å². The number of hydrogen-bond donors (Lipinski definition) is 0. The monoisotopic (exact) mass is 386 g/mol. The number of nitrogens with zero attached hydrogens (tertiary/aromatic N) is 2. The Labute approximate surface area is 161 Å². The number of aromatic nitrogens is 1. The summed E-state index contributed by atoms with van der Waals surface area (Å²) in [7, 11) is 0. The van der Waals surface area contributed by atoms with Crippen molar-refractivity contribution >= 4 is 52.0 Å². The molecule has 3 rings (SSSR count). The van der Waals surface area contributed by atoms with Crippen molar-refractivity contribution in [2.24, 2.45) is 0 Å². The van der Waals surface area contributed by atoms with Crippen LogP contribution in [-0.2, 0) is 4.79 Å². The van der Waals surface area contributed by atoms with E-state index in [-0.39, 0.29) is 5.91 Å². The standard InChI is InChI=1S/C19H18N2OS3/c22-18-17(14-15-6-2-1-3-7-15)25-19(23)21(18)12-4-5-13-24-16-8-10-20-11-9-16/h1-3,6-11,14H,4-5,12-13H2. The van der Waals surface area contributed by atoms with E-state index in [2.05, 4.69) is 4.98 Å². The van der Waals surface area contributed by atoms with Crippen LogP contribution in [0, 0.1) is 0 Å². The molecule has 1 saturated heterocycles. The minimum absolute atomic E-state index is 0.0284. The fourth-order valence-corrected chi connectivity index (χ4v) is 4.60. The number of carbonyl (C=O) groups excluding carboxylic acids is 1. The number of rotatable bonds is 7. The van der Waals surface area contributed by atoms with Gasteiger partial charge in [0.2, 0.25) is 0 Å². The van der Waals surface area contributed by atoms with Gasteiger partial charge in [-0.2, -0.15) is 0 Å². The Bertz CT molecular complexity index is 763. The first-order chi connectivity index (χ1) is 12.2. The van der Waals surface area contributed by atoms with E-state index in [1.807, 2.05) is 72.7 Å². The highest BCUT2D eigenvalue weighted by molar-refractivity contribution is 8.26. The number of thioether (sulfide) groups is 2. The lowest BCUT2D eigenvalue weighted by Gasteiger charge is -2.13. The summed E-state index contributed by atoms with van der Waals surface area (Å²) in [6, 6.07) is 13.9. The van der Waals surface area contributed by atoms with Crippen LogP contribution in [0.4, 0.5) is 0 Å². The third-order valence-corrected chi connectivity index (χ3v) is 6.14. The average molecular weight is 387 g/mol. The zero-order valence-electron chi connectivity index (χ0n) is 13.6. The highest BCUT2D eigenvalue weighted by atomic mass is 32.2. The van der Waals surface area contributed by atoms with Gasteiger partial charge in [-0.25, -0.2) is 0 Å². The van der Waals surface area contributed by atoms with Crippen molar-refractivity contribution < 1.29 is 4.79 Å². The third kappa shape index (κ3) is 5.17. The zero-order valence-corrected chi connectivity index (χ0v) is 16.1. The van der Waals surface area contributed by atoms with Crippen molar-refractivity contribution in [2.45, 2.75) is 17.7 Å². The number of hydrogen-bond acceptors (Lipinski definition) is 5. The van der Waals surface area contributed by atoms with Crippen LogP contribution in [0.3, 0.4) is 0 Å². The van der Waals surface area contributed by atoms with E-state index in [1.54, 1.807) is 4.90 Å². The quantitative estimate of drug-likeness (QED) is 0.294. The van der Waals surface area contributed by atoms with E-state index < -0.39 is 0 Å². The molecular formula is C19H18N2OS3. The second-order valence-corrected chi connectivity index (χ2v) is 8.33. The highest BCUT2D eigenvalue weighted by Crippen LogP contribution is 2.32. The molecule has 0 bridgehead atoms. The Morgan fingerprint density at radius 2 is 1.88 bits per heavy atom. The Morgan fingerprint density at radius 1 is 1.12 bits per heavy atom. The highest BCUT2D eigenvalue weighted by Gasteiger charge is 2.31. The molecule has 1 amide bonds. The van der Waals surface area contributed by atoms with Crippen LogP contribution in [-0.4, -0.2) is 32.4 Å². The molecule has 0 atom stereocenters. The van der Waals surface area contributed by atoms with Crippen LogP contribution in [0.2, 0.25) is 0 Å². The first kappa shape index (κ1) is 18.2. The van der Waals surface area contributed by atoms with Gasteiger partial charge in [-0.3, -0.25) is 14.7 Å². The molecule has 6 heteroatoms. The number of benzene rings is 1. The van der Waals surface area contributed by atoms with Crippen molar-refractivity contribution in [1.82, 2.24) is 9.88 Å². The molecule has 0 saturated carbocycles. The summed E-state index contributed by atoms with van der Waals surface area (Å²) in [5.74, 6) is 1.05. The van der Waals surface area contributed by atoms with Crippen LogP contribution in [0.1, 0.15) is 18.4 Å². The van der Waals surface area contributed by atoms with Crippen LogP contribution < -0.4 is 0 Å². The third-order valence-electron chi connectivity index (χ3n) is 3.67. The van der Waals surface area contributed by atoms with Gasteiger partial charge in [0.25, 0.3) is 5.91 Å². The number of thiocarbonyl (C=S) groups is 1. The molecule has 1 aliphatic heterocycles. The predicted octanol–water partition coefficient (Wildman–Crippen LogP) is 4.86. The number of unbranched alkanes of at least 4 members (excludes halogenated alkanes) is 1. The maximum atomic E-state index is 12.5. The normalized spacial score (nSPS) is 16.0. The Kier molecular flexibility index (Phi) is 6.67. The van der Waals surface area contributed by atoms with Crippen molar-refractivity contribution in [3.05, 3.63) is 65.3 Å². The summed E-state index contributed by atoms with van der Waals surface area (Å²) in [4.78, 5) is 20.2. The maximum Gasteiger partial charge on any atom is 0.266 e. The summed E-state index contributed by atoms with van der Waals surface area (Å²) in [5.41, 5.74) is 1.02. The zero-order chi connectivity index (χ0) is 17.5. The van der Waals surface area contributed by atoms with E-state index in [0.717, 1.165) is 24.2 Å². The van der Waals surface area contributed by atoms with Crippen LogP contribution in [0.15, 0.2) is 64.7 Å². The lowest BCUT2D eigenvalue weighted by Crippen LogP contribution is -2.29. The van der Waals surface area contributed by atoms with Gasteiger partial charge in [0.15, 0.2) is 0 Å². The predicted molar refractivity (Wildman–Crippen MR) is 111 cm³/mol. The summed E-state index contributed by atoms with van der Waals surface area (Å²) in [6.07, 6.45) is 7.52. The summed E-state index contributed by atoms with van der Waals surface area (Å²) in [5, 5.41) is 0. The molecule has 0 N–H and O–H groups in total. The molecule has 128 valence electrons. The molecule has 2 aromatic rings. The van der Waals surface area contributed by atoms with Gasteiger partial charge in [-0.15, -0.1) is 11.8 Å². The number of amides is 1. The topological polar surface area (TPSA) is 33.2 Å². The van der Waals surface area contributed by atoms with Gasteiger partial charge in [0.1, 0.15) is 4.32 Å². The van der Waals surface area contributed by atoms with Gasteiger partial charge >= 0.3 is 0 Å². The molecule has 1 aromatic heterocycles.